The number of nitrogens with zero attached hydrogens (tertiary/aromatic N) is 1. The second-order valence-electron chi connectivity index (χ2n) is 6.05. The Bertz CT molecular complexity index is 1010. The van der Waals surface area contributed by atoms with E-state index in [-0.39, 0.29) is 0 Å². The number of hydrogen-bond donors (Lipinski definition) is 2. The van der Waals surface area contributed by atoms with E-state index in [2.05, 4.69) is 10.5 Å². The third-order valence-electron chi connectivity index (χ3n) is 4.02. The van der Waals surface area contributed by atoms with Crippen LogP contribution < -0.4 is 5.43 Å². The lowest BCUT2D eigenvalue weighted by molar-refractivity contribution is -0.129. The van der Waals surface area contributed by atoms with Crippen molar-refractivity contribution in [2.45, 2.75) is 13.0 Å². The highest BCUT2D eigenvalue weighted by Gasteiger charge is 2.16. The first kappa shape index (κ1) is 20.0. The SMILES string of the molecule is CCOC(=O)c1cccc(-c2ccc(/C=N\NC(=O)[C@@H](O)c3ccccc3)o2)c1. The summed E-state index contributed by atoms with van der Waals surface area (Å²) in [6.07, 6.45) is 0.0139. The van der Waals surface area contributed by atoms with Crippen molar-refractivity contribution in [3.05, 3.63) is 83.6 Å². The molecular weight excluding hydrogens is 372 g/mol. The molecule has 0 saturated carbocycles. The first-order valence-corrected chi connectivity index (χ1v) is 9.02. The van der Waals surface area contributed by atoms with E-state index in [9.17, 15) is 14.7 Å². The van der Waals surface area contributed by atoms with Gasteiger partial charge in [-0.2, -0.15) is 5.10 Å². The van der Waals surface area contributed by atoms with Crippen molar-refractivity contribution >= 4 is 18.1 Å². The van der Waals surface area contributed by atoms with E-state index in [1.54, 1.807) is 73.7 Å². The Kier molecular flexibility index (Phi) is 6.55. The molecule has 1 heterocycles. The highest BCUT2D eigenvalue weighted by atomic mass is 16.5. The summed E-state index contributed by atoms with van der Waals surface area (Å²) in [5.41, 5.74) is 3.89. The number of aliphatic hydroxyl groups is 1. The maximum atomic E-state index is 12.0. The third-order valence-corrected chi connectivity index (χ3v) is 4.02. The summed E-state index contributed by atoms with van der Waals surface area (Å²) in [5.74, 6) is -0.118. The number of ether oxygens (including phenoxy) is 1. The lowest BCUT2D eigenvalue weighted by atomic mass is 10.1. The van der Waals surface area contributed by atoms with Gasteiger partial charge in [-0.15, -0.1) is 0 Å². The summed E-state index contributed by atoms with van der Waals surface area (Å²) in [6, 6.07) is 18.9. The zero-order valence-electron chi connectivity index (χ0n) is 15.7. The molecule has 0 aliphatic rings. The van der Waals surface area contributed by atoms with E-state index < -0.39 is 18.0 Å². The molecule has 1 amide bonds. The predicted molar refractivity (Wildman–Crippen MR) is 107 cm³/mol. The zero-order valence-corrected chi connectivity index (χ0v) is 15.7. The molecule has 7 nitrogen and oxygen atoms in total. The van der Waals surface area contributed by atoms with E-state index in [1.807, 2.05) is 0 Å². The third kappa shape index (κ3) is 5.18. The van der Waals surface area contributed by atoms with Gasteiger partial charge in [0.25, 0.3) is 5.91 Å². The molecule has 29 heavy (non-hydrogen) atoms. The van der Waals surface area contributed by atoms with Gasteiger partial charge in [-0.25, -0.2) is 10.2 Å². The number of carbonyl (C=O) groups is 2. The van der Waals surface area contributed by atoms with E-state index in [0.717, 1.165) is 0 Å². The lowest BCUT2D eigenvalue weighted by Gasteiger charge is -2.08. The Morgan fingerprint density at radius 2 is 1.93 bits per heavy atom. The molecule has 0 bridgehead atoms. The molecule has 1 aromatic heterocycles. The van der Waals surface area contributed by atoms with Crippen LogP contribution in [0.25, 0.3) is 11.3 Å². The maximum Gasteiger partial charge on any atom is 0.338 e. The topological polar surface area (TPSA) is 101 Å². The molecule has 0 spiro atoms. The summed E-state index contributed by atoms with van der Waals surface area (Å²) >= 11 is 0. The average molecular weight is 392 g/mol. The van der Waals surface area contributed by atoms with Crippen LogP contribution in [0.15, 0.2) is 76.2 Å². The number of hydrogen-bond acceptors (Lipinski definition) is 6. The standard InChI is InChI=1S/C22H20N2O5/c1-2-28-22(27)17-10-6-9-16(13-17)19-12-11-18(29-19)14-23-24-21(26)20(25)15-7-4-3-5-8-15/h3-14,20,25H,2H2,1H3,(H,24,26)/b23-14-/t20-/m0/s1. The van der Waals surface area contributed by atoms with Crippen LogP contribution in [-0.4, -0.2) is 29.8 Å². The van der Waals surface area contributed by atoms with Crippen molar-refractivity contribution in [3.8, 4) is 11.3 Å². The number of furan rings is 1. The molecule has 0 radical (unpaired) electrons. The minimum Gasteiger partial charge on any atom is -0.462 e. The summed E-state index contributed by atoms with van der Waals surface area (Å²) in [5, 5.41) is 13.8. The summed E-state index contributed by atoms with van der Waals surface area (Å²) in [4.78, 5) is 23.8. The molecule has 3 aromatic rings. The van der Waals surface area contributed by atoms with Gasteiger partial charge >= 0.3 is 5.97 Å². The van der Waals surface area contributed by atoms with Crippen molar-refractivity contribution < 1.29 is 23.8 Å². The summed E-state index contributed by atoms with van der Waals surface area (Å²) < 4.78 is 10.7. The molecule has 7 heteroatoms. The maximum absolute atomic E-state index is 12.0. The lowest BCUT2D eigenvalue weighted by Crippen LogP contribution is -2.25. The minimum absolute atomic E-state index is 0.301. The fraction of sp³-hybridized carbons (Fsp3) is 0.136. The molecule has 0 aliphatic carbocycles. The average Bonchev–Trinajstić information content (AvgIpc) is 3.23. The van der Waals surface area contributed by atoms with Crippen molar-refractivity contribution in [3.63, 3.8) is 0 Å². The Morgan fingerprint density at radius 3 is 2.69 bits per heavy atom. The summed E-state index contributed by atoms with van der Waals surface area (Å²) in [6.45, 7) is 2.05. The van der Waals surface area contributed by atoms with Crippen LogP contribution in [0, 0.1) is 0 Å². The fourth-order valence-corrected chi connectivity index (χ4v) is 2.60. The molecule has 0 fully saturated rings. The van der Waals surface area contributed by atoms with Crippen LogP contribution in [0.4, 0.5) is 0 Å². The molecule has 3 rings (SSSR count). The number of benzene rings is 2. The second-order valence-corrected chi connectivity index (χ2v) is 6.05. The number of carbonyl (C=O) groups excluding carboxylic acids is 2. The van der Waals surface area contributed by atoms with Gasteiger partial charge in [0.1, 0.15) is 11.5 Å². The predicted octanol–water partition coefficient (Wildman–Crippen LogP) is 3.31. The van der Waals surface area contributed by atoms with E-state index in [4.69, 9.17) is 9.15 Å². The van der Waals surface area contributed by atoms with Gasteiger partial charge in [0, 0.05) is 5.56 Å². The highest BCUT2D eigenvalue weighted by molar-refractivity contribution is 5.91. The van der Waals surface area contributed by atoms with Gasteiger partial charge in [0.15, 0.2) is 6.10 Å². The van der Waals surface area contributed by atoms with Gasteiger partial charge in [-0.1, -0.05) is 42.5 Å². The molecule has 148 valence electrons. The Balaban J connectivity index is 1.64. The largest absolute Gasteiger partial charge is 0.462 e. The molecule has 2 N–H and O–H groups in total. The molecule has 1 atom stereocenters. The zero-order chi connectivity index (χ0) is 20.6. The fourth-order valence-electron chi connectivity index (χ4n) is 2.60. The van der Waals surface area contributed by atoms with Gasteiger partial charge in [-0.05, 0) is 36.8 Å². The van der Waals surface area contributed by atoms with Crippen LogP contribution in [-0.2, 0) is 9.53 Å². The van der Waals surface area contributed by atoms with Crippen LogP contribution in [0.2, 0.25) is 0 Å². The van der Waals surface area contributed by atoms with Gasteiger partial charge in [0.2, 0.25) is 0 Å². The monoisotopic (exact) mass is 392 g/mol. The smallest absolute Gasteiger partial charge is 0.338 e. The van der Waals surface area contributed by atoms with Crippen LogP contribution >= 0.6 is 0 Å². The Labute approximate surface area is 167 Å². The molecule has 0 aliphatic heterocycles. The highest BCUT2D eigenvalue weighted by Crippen LogP contribution is 2.23. The second kappa shape index (κ2) is 9.48. The van der Waals surface area contributed by atoms with E-state index >= 15 is 0 Å². The minimum atomic E-state index is -1.31. The summed E-state index contributed by atoms with van der Waals surface area (Å²) in [7, 11) is 0. The van der Waals surface area contributed by atoms with E-state index in [0.29, 0.717) is 34.8 Å². The number of amides is 1. The van der Waals surface area contributed by atoms with Crippen LogP contribution in [0.5, 0.6) is 0 Å². The first-order chi connectivity index (χ1) is 14.1. The number of rotatable bonds is 7. The molecule has 0 unspecified atom stereocenters. The number of aliphatic hydroxyl groups excluding tert-OH is 1. The van der Waals surface area contributed by atoms with E-state index in [1.165, 1.54) is 6.21 Å². The van der Waals surface area contributed by atoms with Gasteiger partial charge in [0.05, 0.1) is 18.4 Å². The first-order valence-electron chi connectivity index (χ1n) is 9.02. The van der Waals surface area contributed by atoms with Crippen molar-refractivity contribution in [1.82, 2.24) is 5.43 Å². The van der Waals surface area contributed by atoms with Crippen molar-refractivity contribution in [1.29, 1.82) is 0 Å². The number of hydrazone groups is 1. The normalized spacial score (nSPS) is 11.9. The Morgan fingerprint density at radius 1 is 1.14 bits per heavy atom. The van der Waals surface area contributed by atoms with Gasteiger partial charge in [-0.3, -0.25) is 4.79 Å². The van der Waals surface area contributed by atoms with Crippen LogP contribution in [0.3, 0.4) is 0 Å². The van der Waals surface area contributed by atoms with Crippen molar-refractivity contribution in [2.75, 3.05) is 6.61 Å². The van der Waals surface area contributed by atoms with Crippen molar-refractivity contribution in [2.24, 2.45) is 5.10 Å². The molecular formula is C22H20N2O5. The van der Waals surface area contributed by atoms with Gasteiger partial charge < -0.3 is 14.3 Å². The molecule has 2 aromatic carbocycles. The van der Waals surface area contributed by atoms with Crippen LogP contribution in [0.1, 0.15) is 34.7 Å². The number of nitrogens with one attached hydrogen (secondary N) is 1. The quantitative estimate of drug-likeness (QED) is 0.365. The Hall–Kier alpha value is -3.71. The number of esters is 1. The molecule has 0 saturated heterocycles.